The highest BCUT2D eigenvalue weighted by Crippen LogP contribution is 2.21. The molecule has 0 saturated carbocycles. The molecule has 0 amide bonds. The molecule has 1 aliphatic heterocycles. The largest absolute Gasteiger partial charge is 0.459 e. The highest BCUT2D eigenvalue weighted by molar-refractivity contribution is 5.90. The lowest BCUT2D eigenvalue weighted by molar-refractivity contribution is -0.138. The predicted octanol–water partition coefficient (Wildman–Crippen LogP) is 1.66. The molecule has 1 heterocycles. The Hall–Kier alpha value is -0.790. The van der Waals surface area contributed by atoms with E-state index in [1.807, 2.05) is 19.9 Å². The number of esters is 1. The van der Waals surface area contributed by atoms with Crippen LogP contribution in [0, 0.1) is 0 Å². The van der Waals surface area contributed by atoms with Crippen molar-refractivity contribution in [3.63, 3.8) is 0 Å². The van der Waals surface area contributed by atoms with Gasteiger partial charge in [-0.3, -0.25) is 0 Å². The fourth-order valence-electron chi connectivity index (χ4n) is 1.06. The minimum absolute atomic E-state index is 0.130. The molecule has 1 aliphatic rings. The van der Waals surface area contributed by atoms with E-state index in [2.05, 4.69) is 0 Å². The third kappa shape index (κ3) is 1.20. The monoisotopic (exact) mass is 140 g/mol. The van der Waals surface area contributed by atoms with Gasteiger partial charge in [0.05, 0.1) is 0 Å². The van der Waals surface area contributed by atoms with Crippen molar-refractivity contribution in [3.8, 4) is 0 Å². The lowest BCUT2D eigenvalue weighted by Gasteiger charge is -2.01. The summed E-state index contributed by atoms with van der Waals surface area (Å²) in [7, 11) is 0. The summed E-state index contributed by atoms with van der Waals surface area (Å²) >= 11 is 0. The molecule has 1 unspecified atom stereocenters. The second kappa shape index (κ2) is 2.86. The number of carbonyl (C=O) groups is 1. The van der Waals surface area contributed by atoms with Gasteiger partial charge in [-0.1, -0.05) is 13.0 Å². The van der Waals surface area contributed by atoms with Crippen LogP contribution in [0.5, 0.6) is 0 Å². The number of rotatable bonds is 1. The Bertz CT molecular complexity index is 170. The second-order valence-electron chi connectivity index (χ2n) is 2.45. The van der Waals surface area contributed by atoms with Crippen molar-refractivity contribution in [1.82, 2.24) is 0 Å². The lowest BCUT2D eigenvalue weighted by atomic mass is 10.1. The van der Waals surface area contributed by atoms with Crippen LogP contribution in [0.2, 0.25) is 0 Å². The molecule has 1 rings (SSSR count). The Morgan fingerprint density at radius 1 is 1.80 bits per heavy atom. The van der Waals surface area contributed by atoms with E-state index < -0.39 is 0 Å². The summed E-state index contributed by atoms with van der Waals surface area (Å²) in [5.41, 5.74) is 0.826. The van der Waals surface area contributed by atoms with Gasteiger partial charge < -0.3 is 4.74 Å². The molecule has 0 aromatic carbocycles. The lowest BCUT2D eigenvalue weighted by Crippen LogP contribution is -2.03. The van der Waals surface area contributed by atoms with Gasteiger partial charge in [0.15, 0.2) is 0 Å². The maximum absolute atomic E-state index is 10.9. The molecule has 2 heteroatoms. The first kappa shape index (κ1) is 7.32. The third-order valence-corrected chi connectivity index (χ3v) is 1.79. The molecular formula is C8H12O2. The van der Waals surface area contributed by atoms with Crippen molar-refractivity contribution >= 4 is 5.97 Å². The van der Waals surface area contributed by atoms with E-state index in [0.717, 1.165) is 18.4 Å². The summed E-state index contributed by atoms with van der Waals surface area (Å²) in [5.74, 6) is -0.130. The molecule has 0 aromatic rings. The SMILES string of the molecule is C/C=C1\CC(CC)OC1=O. The van der Waals surface area contributed by atoms with Crippen LogP contribution in [-0.2, 0) is 9.53 Å². The average molecular weight is 140 g/mol. The normalized spacial score (nSPS) is 29.2. The molecule has 0 spiro atoms. The molecule has 56 valence electrons. The van der Waals surface area contributed by atoms with Gasteiger partial charge in [-0.25, -0.2) is 4.79 Å². The standard InChI is InChI=1S/C8H12O2/c1-3-6-5-7(4-2)10-8(6)9/h3,7H,4-5H2,1-2H3/b6-3+. The van der Waals surface area contributed by atoms with Crippen molar-refractivity contribution in [2.75, 3.05) is 0 Å². The molecular weight excluding hydrogens is 128 g/mol. The van der Waals surface area contributed by atoms with Gasteiger partial charge in [-0.2, -0.15) is 0 Å². The van der Waals surface area contributed by atoms with Crippen molar-refractivity contribution in [2.24, 2.45) is 0 Å². The van der Waals surface area contributed by atoms with Gasteiger partial charge in [0.2, 0.25) is 0 Å². The van der Waals surface area contributed by atoms with Crippen molar-refractivity contribution in [2.45, 2.75) is 32.8 Å². The number of carbonyl (C=O) groups excluding carboxylic acids is 1. The van der Waals surface area contributed by atoms with Crippen LogP contribution in [0.4, 0.5) is 0 Å². The fourth-order valence-corrected chi connectivity index (χ4v) is 1.06. The number of ether oxygens (including phenoxy) is 1. The van der Waals surface area contributed by atoms with E-state index in [9.17, 15) is 4.79 Å². The Morgan fingerprint density at radius 3 is 2.80 bits per heavy atom. The van der Waals surface area contributed by atoms with E-state index in [1.165, 1.54) is 0 Å². The highest BCUT2D eigenvalue weighted by atomic mass is 16.5. The van der Waals surface area contributed by atoms with E-state index in [4.69, 9.17) is 4.74 Å². The smallest absolute Gasteiger partial charge is 0.334 e. The zero-order valence-electron chi connectivity index (χ0n) is 6.39. The van der Waals surface area contributed by atoms with Crippen LogP contribution in [0.3, 0.4) is 0 Å². The summed E-state index contributed by atoms with van der Waals surface area (Å²) in [6, 6.07) is 0. The Kier molecular flexibility index (Phi) is 2.10. The van der Waals surface area contributed by atoms with Gasteiger partial charge in [0.25, 0.3) is 0 Å². The summed E-state index contributed by atoms with van der Waals surface area (Å²) in [5, 5.41) is 0. The van der Waals surface area contributed by atoms with Crippen LogP contribution in [0.1, 0.15) is 26.7 Å². The maximum atomic E-state index is 10.9. The molecule has 1 saturated heterocycles. The zero-order valence-corrected chi connectivity index (χ0v) is 6.39. The van der Waals surface area contributed by atoms with E-state index >= 15 is 0 Å². The average Bonchev–Trinajstić information content (AvgIpc) is 2.30. The first-order valence-corrected chi connectivity index (χ1v) is 3.64. The van der Waals surface area contributed by atoms with Crippen molar-refractivity contribution in [1.29, 1.82) is 0 Å². The predicted molar refractivity (Wildman–Crippen MR) is 38.5 cm³/mol. The number of allylic oxidation sites excluding steroid dienone is 1. The third-order valence-electron chi connectivity index (χ3n) is 1.79. The van der Waals surface area contributed by atoms with E-state index in [0.29, 0.717) is 0 Å². The molecule has 2 nitrogen and oxygen atoms in total. The molecule has 0 radical (unpaired) electrons. The molecule has 0 aliphatic carbocycles. The van der Waals surface area contributed by atoms with Crippen LogP contribution in [0.25, 0.3) is 0 Å². The van der Waals surface area contributed by atoms with Gasteiger partial charge in [-0.05, 0) is 13.3 Å². The Balaban J connectivity index is 2.61. The Morgan fingerprint density at radius 2 is 2.50 bits per heavy atom. The summed E-state index contributed by atoms with van der Waals surface area (Å²) in [4.78, 5) is 10.9. The first-order valence-electron chi connectivity index (χ1n) is 3.64. The molecule has 1 fully saturated rings. The molecule has 1 atom stereocenters. The number of hydrogen-bond acceptors (Lipinski definition) is 2. The molecule has 0 aromatic heterocycles. The van der Waals surface area contributed by atoms with Crippen molar-refractivity contribution < 1.29 is 9.53 Å². The summed E-state index contributed by atoms with van der Waals surface area (Å²) in [6.07, 6.45) is 3.69. The first-order chi connectivity index (χ1) is 4.77. The summed E-state index contributed by atoms with van der Waals surface area (Å²) in [6.45, 7) is 3.89. The molecule has 0 N–H and O–H groups in total. The van der Waals surface area contributed by atoms with Crippen LogP contribution < -0.4 is 0 Å². The van der Waals surface area contributed by atoms with E-state index in [1.54, 1.807) is 0 Å². The van der Waals surface area contributed by atoms with Gasteiger partial charge in [0, 0.05) is 12.0 Å². The zero-order chi connectivity index (χ0) is 7.56. The van der Waals surface area contributed by atoms with Crippen LogP contribution in [-0.4, -0.2) is 12.1 Å². The van der Waals surface area contributed by atoms with Crippen LogP contribution >= 0.6 is 0 Å². The molecule has 0 bridgehead atoms. The minimum atomic E-state index is -0.130. The topological polar surface area (TPSA) is 26.3 Å². The maximum Gasteiger partial charge on any atom is 0.334 e. The highest BCUT2D eigenvalue weighted by Gasteiger charge is 2.26. The minimum Gasteiger partial charge on any atom is -0.459 e. The summed E-state index contributed by atoms with van der Waals surface area (Å²) < 4.78 is 5.01. The van der Waals surface area contributed by atoms with Crippen LogP contribution in [0.15, 0.2) is 11.6 Å². The quantitative estimate of drug-likeness (QED) is 0.409. The molecule has 10 heavy (non-hydrogen) atoms. The fraction of sp³-hybridized carbons (Fsp3) is 0.625. The van der Waals surface area contributed by atoms with E-state index in [-0.39, 0.29) is 12.1 Å². The number of cyclic esters (lactones) is 1. The number of hydrogen-bond donors (Lipinski definition) is 0. The van der Waals surface area contributed by atoms with Gasteiger partial charge >= 0.3 is 5.97 Å². The Labute approximate surface area is 60.9 Å². The van der Waals surface area contributed by atoms with Crippen molar-refractivity contribution in [3.05, 3.63) is 11.6 Å². The van der Waals surface area contributed by atoms with Gasteiger partial charge in [0.1, 0.15) is 6.10 Å². The second-order valence-corrected chi connectivity index (χ2v) is 2.45. The van der Waals surface area contributed by atoms with Gasteiger partial charge in [-0.15, -0.1) is 0 Å².